The van der Waals surface area contributed by atoms with Gasteiger partial charge < -0.3 is 10.2 Å². The van der Waals surface area contributed by atoms with Crippen molar-refractivity contribution < 1.29 is 9.59 Å². The Morgan fingerprint density at radius 1 is 1.61 bits per heavy atom. The maximum atomic E-state index is 12.1. The molecule has 0 unspecified atom stereocenters. The van der Waals surface area contributed by atoms with E-state index in [1.54, 1.807) is 23.3 Å². The molecular formula is C12H15BrN2O2S. The number of likely N-dealkylation sites (N-methyl/N-ethyl adjacent to an activating group) is 1. The van der Waals surface area contributed by atoms with Gasteiger partial charge in [0.1, 0.15) is 6.04 Å². The van der Waals surface area contributed by atoms with Crippen LogP contribution < -0.4 is 5.32 Å². The molecule has 0 radical (unpaired) electrons. The van der Waals surface area contributed by atoms with Crippen LogP contribution >= 0.6 is 27.3 Å². The molecule has 2 amide bonds. The maximum absolute atomic E-state index is 12.1. The summed E-state index contributed by atoms with van der Waals surface area (Å²) >= 11 is 4.93. The lowest BCUT2D eigenvalue weighted by atomic mass is 10.1. The first-order chi connectivity index (χ1) is 8.49. The van der Waals surface area contributed by atoms with Crippen molar-refractivity contribution in [2.75, 3.05) is 13.6 Å². The topological polar surface area (TPSA) is 49.4 Å². The third-order valence-corrected chi connectivity index (χ3v) is 4.96. The number of rotatable bonds is 3. The van der Waals surface area contributed by atoms with E-state index in [1.807, 2.05) is 19.1 Å². The zero-order valence-corrected chi connectivity index (χ0v) is 12.7. The zero-order chi connectivity index (χ0) is 13.3. The van der Waals surface area contributed by atoms with E-state index < -0.39 is 0 Å². The third-order valence-electron chi connectivity index (χ3n) is 3.16. The number of carbonyl (C=O) groups excluding carboxylic acids is 2. The fourth-order valence-corrected chi connectivity index (χ4v) is 3.42. The first-order valence-corrected chi connectivity index (χ1v) is 7.40. The number of nitrogens with one attached hydrogen (secondary N) is 1. The summed E-state index contributed by atoms with van der Waals surface area (Å²) < 4.78 is 1.01. The van der Waals surface area contributed by atoms with Crippen LogP contribution in [0.15, 0.2) is 15.9 Å². The second-order valence-electron chi connectivity index (χ2n) is 4.47. The van der Waals surface area contributed by atoms with Gasteiger partial charge in [-0.3, -0.25) is 9.59 Å². The summed E-state index contributed by atoms with van der Waals surface area (Å²) in [6, 6.07) is 3.51. The van der Waals surface area contributed by atoms with Crippen LogP contribution in [-0.4, -0.2) is 36.3 Å². The summed E-state index contributed by atoms with van der Waals surface area (Å²) in [4.78, 5) is 26.4. The van der Waals surface area contributed by atoms with Crippen molar-refractivity contribution >= 4 is 39.1 Å². The van der Waals surface area contributed by atoms with Crippen molar-refractivity contribution in [2.24, 2.45) is 0 Å². The van der Waals surface area contributed by atoms with E-state index in [1.165, 1.54) is 0 Å². The van der Waals surface area contributed by atoms with E-state index in [-0.39, 0.29) is 23.8 Å². The third kappa shape index (κ3) is 2.75. The van der Waals surface area contributed by atoms with Gasteiger partial charge in [0.25, 0.3) is 0 Å². The fraction of sp³-hybridized carbons (Fsp3) is 0.500. The van der Waals surface area contributed by atoms with Crippen LogP contribution in [0.5, 0.6) is 0 Å². The highest BCUT2D eigenvalue weighted by Crippen LogP contribution is 2.28. The Labute approximate surface area is 118 Å². The lowest BCUT2D eigenvalue weighted by Crippen LogP contribution is -2.42. The molecule has 0 saturated carbocycles. The summed E-state index contributed by atoms with van der Waals surface area (Å²) in [5, 5.41) is 2.83. The SMILES string of the molecule is C[C@@H](C(=O)N[C@@H]1CCN(C)C1=O)c1ccc(Br)s1. The molecule has 1 aromatic rings. The van der Waals surface area contributed by atoms with Crippen molar-refractivity contribution in [1.29, 1.82) is 0 Å². The van der Waals surface area contributed by atoms with Gasteiger partial charge in [-0.1, -0.05) is 0 Å². The molecule has 1 saturated heterocycles. The minimum absolute atomic E-state index is 0.00269. The largest absolute Gasteiger partial charge is 0.344 e. The molecule has 0 bridgehead atoms. The van der Waals surface area contributed by atoms with E-state index >= 15 is 0 Å². The molecule has 2 heterocycles. The number of thiophene rings is 1. The summed E-state index contributed by atoms with van der Waals surface area (Å²) in [6.45, 7) is 2.57. The predicted molar refractivity (Wildman–Crippen MR) is 74.6 cm³/mol. The second kappa shape index (κ2) is 5.40. The van der Waals surface area contributed by atoms with E-state index in [9.17, 15) is 9.59 Å². The van der Waals surface area contributed by atoms with Crippen LogP contribution in [0.2, 0.25) is 0 Å². The first kappa shape index (κ1) is 13.5. The average molecular weight is 331 g/mol. The van der Waals surface area contributed by atoms with Crippen molar-refractivity contribution in [3.05, 3.63) is 20.8 Å². The summed E-state index contributed by atoms with van der Waals surface area (Å²) in [5.41, 5.74) is 0. The molecule has 98 valence electrons. The standard InChI is InChI=1S/C12H15BrN2O2S/c1-7(9-3-4-10(13)18-9)11(16)14-8-5-6-15(2)12(8)17/h3-4,7-8H,5-6H2,1-2H3,(H,14,16)/t7-,8-/m1/s1. The van der Waals surface area contributed by atoms with Crippen molar-refractivity contribution in [3.8, 4) is 0 Å². The molecule has 0 aromatic carbocycles. The Balaban J connectivity index is 1.98. The number of carbonyl (C=O) groups is 2. The Bertz CT molecular complexity index is 474. The van der Waals surface area contributed by atoms with Crippen LogP contribution in [0.25, 0.3) is 0 Å². The average Bonchev–Trinajstić information content (AvgIpc) is 2.89. The van der Waals surface area contributed by atoms with Crippen LogP contribution in [0.1, 0.15) is 24.1 Å². The van der Waals surface area contributed by atoms with Crippen LogP contribution in [0, 0.1) is 0 Å². The van der Waals surface area contributed by atoms with Crippen LogP contribution in [-0.2, 0) is 9.59 Å². The molecule has 18 heavy (non-hydrogen) atoms. The molecule has 1 N–H and O–H groups in total. The van der Waals surface area contributed by atoms with E-state index in [0.29, 0.717) is 13.0 Å². The highest BCUT2D eigenvalue weighted by Gasteiger charge is 2.31. The highest BCUT2D eigenvalue weighted by atomic mass is 79.9. The van der Waals surface area contributed by atoms with Gasteiger partial charge in [-0.05, 0) is 41.4 Å². The normalized spacial score (nSPS) is 21.2. The van der Waals surface area contributed by atoms with Gasteiger partial charge in [0.2, 0.25) is 11.8 Å². The second-order valence-corrected chi connectivity index (χ2v) is 6.97. The number of halogens is 1. The predicted octanol–water partition coefficient (Wildman–Crippen LogP) is 1.96. The summed E-state index contributed by atoms with van der Waals surface area (Å²) in [6.07, 6.45) is 0.696. The summed E-state index contributed by atoms with van der Waals surface area (Å²) in [7, 11) is 1.76. The minimum atomic E-state index is -0.353. The molecule has 0 spiro atoms. The summed E-state index contributed by atoms with van der Waals surface area (Å²) in [5.74, 6) is -0.305. The van der Waals surface area contributed by atoms with Gasteiger partial charge in [-0.15, -0.1) is 11.3 Å². The molecular weight excluding hydrogens is 316 g/mol. The lowest BCUT2D eigenvalue weighted by molar-refractivity contribution is -0.132. The van der Waals surface area contributed by atoms with E-state index in [0.717, 1.165) is 8.66 Å². The lowest BCUT2D eigenvalue weighted by Gasteiger charge is -2.15. The number of hydrogen-bond donors (Lipinski definition) is 1. The van der Waals surface area contributed by atoms with Gasteiger partial charge in [0.15, 0.2) is 0 Å². The highest BCUT2D eigenvalue weighted by molar-refractivity contribution is 9.11. The molecule has 2 rings (SSSR count). The van der Waals surface area contributed by atoms with Crippen molar-refractivity contribution in [3.63, 3.8) is 0 Å². The number of amides is 2. The molecule has 4 nitrogen and oxygen atoms in total. The van der Waals surface area contributed by atoms with Crippen molar-refractivity contribution in [2.45, 2.75) is 25.3 Å². The minimum Gasteiger partial charge on any atom is -0.344 e. The Morgan fingerprint density at radius 2 is 2.33 bits per heavy atom. The van der Waals surface area contributed by atoms with E-state index in [4.69, 9.17) is 0 Å². The first-order valence-electron chi connectivity index (χ1n) is 5.79. The molecule has 1 aliphatic heterocycles. The Kier molecular flexibility index (Phi) is 4.07. The molecule has 1 aromatic heterocycles. The molecule has 1 aliphatic rings. The van der Waals surface area contributed by atoms with Gasteiger partial charge in [0, 0.05) is 18.5 Å². The monoisotopic (exact) mass is 330 g/mol. The van der Waals surface area contributed by atoms with Gasteiger partial charge in [-0.2, -0.15) is 0 Å². The Hall–Kier alpha value is -0.880. The smallest absolute Gasteiger partial charge is 0.244 e. The van der Waals surface area contributed by atoms with E-state index in [2.05, 4.69) is 21.2 Å². The van der Waals surface area contributed by atoms with Gasteiger partial charge >= 0.3 is 0 Å². The number of likely N-dealkylation sites (tertiary alicyclic amines) is 1. The molecule has 0 aliphatic carbocycles. The van der Waals surface area contributed by atoms with Crippen LogP contribution in [0.4, 0.5) is 0 Å². The van der Waals surface area contributed by atoms with Crippen LogP contribution in [0.3, 0.4) is 0 Å². The molecule has 1 fully saturated rings. The van der Waals surface area contributed by atoms with Gasteiger partial charge in [0.05, 0.1) is 9.70 Å². The van der Waals surface area contributed by atoms with Crippen molar-refractivity contribution in [1.82, 2.24) is 10.2 Å². The Morgan fingerprint density at radius 3 is 2.83 bits per heavy atom. The molecule has 2 atom stereocenters. The number of nitrogens with zero attached hydrogens (tertiary/aromatic N) is 1. The fourth-order valence-electron chi connectivity index (χ4n) is 1.94. The zero-order valence-electron chi connectivity index (χ0n) is 10.3. The number of hydrogen-bond acceptors (Lipinski definition) is 3. The van der Waals surface area contributed by atoms with Gasteiger partial charge in [-0.25, -0.2) is 0 Å². The quantitative estimate of drug-likeness (QED) is 0.921. The maximum Gasteiger partial charge on any atom is 0.244 e. The molecule has 6 heteroatoms.